The van der Waals surface area contributed by atoms with Gasteiger partial charge < -0.3 is 18.9 Å². The second kappa shape index (κ2) is 16.9. The van der Waals surface area contributed by atoms with E-state index < -0.39 is 5.97 Å². The minimum atomic E-state index is -0.401. The summed E-state index contributed by atoms with van der Waals surface area (Å²) in [6, 6.07) is 3.22. The van der Waals surface area contributed by atoms with Crippen molar-refractivity contribution in [1.29, 1.82) is 0 Å². The van der Waals surface area contributed by atoms with Crippen LogP contribution in [0.15, 0.2) is 47.1 Å². The number of rotatable bonds is 15. The van der Waals surface area contributed by atoms with E-state index in [4.69, 9.17) is 18.9 Å². The summed E-state index contributed by atoms with van der Waals surface area (Å²) in [5.74, 6) is 0.912. The van der Waals surface area contributed by atoms with E-state index in [0.717, 1.165) is 65.0 Å². The molecule has 0 aromatic heterocycles. The number of methoxy groups -OCH3 is 3. The lowest BCUT2D eigenvalue weighted by atomic mass is 10.1. The zero-order chi connectivity index (χ0) is 27.9. The quantitative estimate of drug-likeness (QED) is 0.207. The van der Waals surface area contributed by atoms with Crippen molar-refractivity contribution in [3.63, 3.8) is 0 Å². The van der Waals surface area contributed by atoms with Crippen molar-refractivity contribution in [2.24, 2.45) is 0 Å². The third-order valence-electron chi connectivity index (χ3n) is 6.83. The molecule has 0 spiro atoms. The summed E-state index contributed by atoms with van der Waals surface area (Å²) in [6.07, 6.45) is 11.6. The van der Waals surface area contributed by atoms with Gasteiger partial charge in [-0.05, 0) is 65.5 Å². The van der Waals surface area contributed by atoms with Gasteiger partial charge in [0.1, 0.15) is 6.61 Å². The van der Waals surface area contributed by atoms with E-state index >= 15 is 0 Å². The Hall–Kier alpha value is -2.77. The fourth-order valence-electron chi connectivity index (χ4n) is 4.37. The zero-order valence-electron chi connectivity index (χ0n) is 24.6. The first-order valence-electron chi connectivity index (χ1n) is 13.6. The van der Waals surface area contributed by atoms with E-state index in [9.17, 15) is 4.79 Å². The Kier molecular flexibility index (Phi) is 14.0. The first-order chi connectivity index (χ1) is 18.3. The van der Waals surface area contributed by atoms with E-state index in [1.807, 2.05) is 0 Å². The van der Waals surface area contributed by atoms with Crippen molar-refractivity contribution in [2.75, 3.05) is 67.2 Å². The molecule has 0 unspecified atom stereocenters. The van der Waals surface area contributed by atoms with Crippen LogP contribution >= 0.6 is 0 Å². The van der Waals surface area contributed by atoms with Gasteiger partial charge in [0.25, 0.3) is 0 Å². The number of ether oxygens (including phenoxy) is 4. The van der Waals surface area contributed by atoms with E-state index in [1.165, 1.54) is 38.0 Å². The SMILES string of the molecule is COc1cc(C(=O)OCCN2CCN(C/C=C(\C)CC/C=C(\C)CCC=C(C)C)CC2)cc(OC)c1OC. The molecular formula is C31H48N2O5. The average molecular weight is 529 g/mol. The summed E-state index contributed by atoms with van der Waals surface area (Å²) in [7, 11) is 4.58. The molecule has 1 aliphatic heterocycles. The van der Waals surface area contributed by atoms with Crippen molar-refractivity contribution in [3.8, 4) is 17.2 Å². The van der Waals surface area contributed by atoms with Crippen LogP contribution in [0.5, 0.6) is 17.2 Å². The highest BCUT2D eigenvalue weighted by atomic mass is 16.5. The third kappa shape index (κ3) is 10.9. The molecule has 1 saturated heterocycles. The Balaban J connectivity index is 1.68. The monoisotopic (exact) mass is 528 g/mol. The van der Waals surface area contributed by atoms with Crippen LogP contribution < -0.4 is 14.2 Å². The minimum Gasteiger partial charge on any atom is -0.493 e. The molecule has 1 fully saturated rings. The van der Waals surface area contributed by atoms with E-state index in [0.29, 0.717) is 29.4 Å². The lowest BCUT2D eigenvalue weighted by Gasteiger charge is -2.34. The number of esters is 1. The predicted octanol–water partition coefficient (Wildman–Crippen LogP) is 5.91. The highest BCUT2D eigenvalue weighted by Crippen LogP contribution is 2.38. The highest BCUT2D eigenvalue weighted by molar-refractivity contribution is 5.91. The van der Waals surface area contributed by atoms with E-state index in [2.05, 4.69) is 55.7 Å². The van der Waals surface area contributed by atoms with Crippen molar-refractivity contribution in [3.05, 3.63) is 52.6 Å². The number of carbonyl (C=O) groups excluding carboxylic acids is 1. The molecule has 1 aromatic carbocycles. The number of hydrogen-bond donors (Lipinski definition) is 0. The summed E-state index contributed by atoms with van der Waals surface area (Å²) < 4.78 is 21.5. The second-order valence-electron chi connectivity index (χ2n) is 10.2. The lowest BCUT2D eigenvalue weighted by Crippen LogP contribution is -2.47. The van der Waals surface area contributed by atoms with Gasteiger partial charge in [-0.2, -0.15) is 0 Å². The van der Waals surface area contributed by atoms with Crippen LogP contribution in [0, 0.1) is 0 Å². The molecule has 1 heterocycles. The van der Waals surface area contributed by atoms with E-state index in [-0.39, 0.29) is 0 Å². The van der Waals surface area contributed by atoms with Crippen LogP contribution in [0.4, 0.5) is 0 Å². The topological polar surface area (TPSA) is 60.5 Å². The molecule has 0 radical (unpaired) electrons. The summed E-state index contributed by atoms with van der Waals surface area (Å²) in [5, 5.41) is 0. The van der Waals surface area contributed by atoms with Gasteiger partial charge in [-0.15, -0.1) is 0 Å². The molecule has 0 aliphatic carbocycles. The number of hydrogen-bond acceptors (Lipinski definition) is 7. The molecule has 212 valence electrons. The van der Waals surface area contributed by atoms with E-state index in [1.54, 1.807) is 12.1 Å². The summed E-state index contributed by atoms with van der Waals surface area (Å²) in [6.45, 7) is 14.9. The van der Waals surface area contributed by atoms with Gasteiger partial charge >= 0.3 is 5.97 Å². The van der Waals surface area contributed by atoms with Crippen LogP contribution in [0.1, 0.15) is 63.7 Å². The highest BCUT2D eigenvalue weighted by Gasteiger charge is 2.19. The van der Waals surface area contributed by atoms with Crippen molar-refractivity contribution in [2.45, 2.75) is 53.4 Å². The van der Waals surface area contributed by atoms with Crippen LogP contribution in [-0.4, -0.2) is 83.0 Å². The Morgan fingerprint density at radius 1 is 0.789 bits per heavy atom. The van der Waals surface area contributed by atoms with Gasteiger partial charge in [-0.3, -0.25) is 9.80 Å². The molecule has 0 atom stereocenters. The van der Waals surface area contributed by atoms with Gasteiger partial charge in [0.2, 0.25) is 5.75 Å². The van der Waals surface area contributed by atoms with Gasteiger partial charge in [0.15, 0.2) is 11.5 Å². The number of piperazine rings is 1. The molecule has 38 heavy (non-hydrogen) atoms. The van der Waals surface area contributed by atoms with Crippen LogP contribution in [-0.2, 0) is 4.74 Å². The number of nitrogens with zero attached hydrogens (tertiary/aromatic N) is 2. The Bertz CT molecular complexity index is 945. The summed E-state index contributed by atoms with van der Waals surface area (Å²) >= 11 is 0. The largest absolute Gasteiger partial charge is 0.493 e. The number of carbonyl (C=O) groups is 1. The average Bonchev–Trinajstić information content (AvgIpc) is 2.91. The fraction of sp³-hybridized carbons (Fsp3) is 0.581. The maximum Gasteiger partial charge on any atom is 0.338 e. The van der Waals surface area contributed by atoms with Crippen molar-refractivity contribution in [1.82, 2.24) is 9.80 Å². The van der Waals surface area contributed by atoms with Gasteiger partial charge in [0.05, 0.1) is 26.9 Å². The van der Waals surface area contributed by atoms with Crippen LogP contribution in [0.3, 0.4) is 0 Å². The van der Waals surface area contributed by atoms with Gasteiger partial charge in [-0.1, -0.05) is 34.9 Å². The molecule has 7 heteroatoms. The Morgan fingerprint density at radius 2 is 1.34 bits per heavy atom. The van der Waals surface area contributed by atoms with Gasteiger partial charge in [0, 0.05) is 39.3 Å². The Labute approximate surface area is 230 Å². The molecule has 1 aliphatic rings. The maximum atomic E-state index is 12.6. The predicted molar refractivity (Wildman–Crippen MR) is 155 cm³/mol. The van der Waals surface area contributed by atoms with Crippen molar-refractivity contribution >= 4 is 5.97 Å². The number of benzene rings is 1. The van der Waals surface area contributed by atoms with Crippen molar-refractivity contribution < 1.29 is 23.7 Å². The minimum absolute atomic E-state index is 0.343. The molecule has 0 amide bonds. The normalized spacial score (nSPS) is 15.2. The Morgan fingerprint density at radius 3 is 1.89 bits per heavy atom. The second-order valence-corrected chi connectivity index (χ2v) is 10.2. The first kappa shape index (κ1) is 31.4. The molecule has 7 nitrogen and oxygen atoms in total. The molecular weight excluding hydrogens is 480 g/mol. The molecule has 0 bridgehead atoms. The standard InChI is InChI=1S/C31H48N2O5/c1-24(2)10-8-11-25(3)12-9-13-26(4)14-15-32-16-18-33(19-17-32)20-21-38-31(34)27-22-28(35-5)30(37-7)29(23-27)36-6/h10,12,14,22-23H,8-9,11,13,15-21H2,1-7H3/b25-12+,26-14+. The number of allylic oxidation sites excluding steroid dienone is 5. The molecule has 0 saturated carbocycles. The van der Waals surface area contributed by atoms with Crippen LogP contribution in [0.2, 0.25) is 0 Å². The first-order valence-corrected chi connectivity index (χ1v) is 13.6. The third-order valence-corrected chi connectivity index (χ3v) is 6.83. The molecule has 0 N–H and O–H groups in total. The van der Waals surface area contributed by atoms with Gasteiger partial charge in [-0.25, -0.2) is 4.79 Å². The lowest BCUT2D eigenvalue weighted by molar-refractivity contribution is 0.0426. The summed E-state index contributed by atoms with van der Waals surface area (Å²) in [5.41, 5.74) is 4.72. The fourth-order valence-corrected chi connectivity index (χ4v) is 4.37. The smallest absolute Gasteiger partial charge is 0.338 e. The molecule has 1 aromatic rings. The summed E-state index contributed by atoms with van der Waals surface area (Å²) in [4.78, 5) is 17.4. The maximum absolute atomic E-state index is 12.6. The van der Waals surface area contributed by atoms with Crippen LogP contribution in [0.25, 0.3) is 0 Å². The zero-order valence-corrected chi connectivity index (χ0v) is 24.6. The molecule has 2 rings (SSSR count).